The van der Waals surface area contributed by atoms with Gasteiger partial charge < -0.3 is 9.67 Å². The van der Waals surface area contributed by atoms with Gasteiger partial charge >= 0.3 is 5.97 Å². The van der Waals surface area contributed by atoms with Crippen molar-refractivity contribution in [1.29, 1.82) is 0 Å². The summed E-state index contributed by atoms with van der Waals surface area (Å²) in [4.78, 5) is 23.4. The molecule has 0 spiro atoms. The van der Waals surface area contributed by atoms with E-state index in [1.54, 1.807) is 48.7 Å². The molecule has 7 heteroatoms. The highest BCUT2D eigenvalue weighted by Crippen LogP contribution is 2.23. The van der Waals surface area contributed by atoms with Crippen LogP contribution in [0.1, 0.15) is 43.2 Å². The Hall–Kier alpha value is -3.38. The maximum atomic E-state index is 12.2. The van der Waals surface area contributed by atoms with Gasteiger partial charge in [-0.25, -0.2) is 10.2 Å². The van der Waals surface area contributed by atoms with Gasteiger partial charge in [0, 0.05) is 22.6 Å². The lowest BCUT2D eigenvalue weighted by Crippen LogP contribution is -2.18. The number of aryl methyl sites for hydroxylation is 2. The van der Waals surface area contributed by atoms with E-state index in [1.165, 1.54) is 0 Å². The molecule has 6 nitrogen and oxygen atoms in total. The number of rotatable bonds is 5. The van der Waals surface area contributed by atoms with Crippen LogP contribution in [0.4, 0.5) is 0 Å². The van der Waals surface area contributed by atoms with Gasteiger partial charge in [0.1, 0.15) is 0 Å². The fourth-order valence-electron chi connectivity index (χ4n) is 3.19. The predicted octanol–water partition coefficient (Wildman–Crippen LogP) is 4.52. The fourth-order valence-corrected chi connectivity index (χ4v) is 3.42. The van der Waals surface area contributed by atoms with E-state index in [0.29, 0.717) is 10.6 Å². The van der Waals surface area contributed by atoms with Crippen LogP contribution in [0.2, 0.25) is 5.02 Å². The van der Waals surface area contributed by atoms with Crippen molar-refractivity contribution < 1.29 is 14.7 Å². The largest absolute Gasteiger partial charge is 0.478 e. The molecule has 0 unspecified atom stereocenters. The van der Waals surface area contributed by atoms with Gasteiger partial charge in [0.15, 0.2) is 0 Å². The Kier molecular flexibility index (Phi) is 5.84. The monoisotopic (exact) mass is 409 g/mol. The molecule has 2 N–H and O–H groups in total. The van der Waals surface area contributed by atoms with Gasteiger partial charge in [0.25, 0.3) is 5.91 Å². The Labute approximate surface area is 173 Å². The number of nitrogens with zero attached hydrogens (tertiary/aromatic N) is 2. The van der Waals surface area contributed by atoms with Crippen molar-refractivity contribution in [2.45, 2.75) is 20.8 Å². The van der Waals surface area contributed by atoms with Gasteiger partial charge in [-0.3, -0.25) is 4.79 Å². The van der Waals surface area contributed by atoms with Crippen LogP contribution < -0.4 is 5.43 Å². The van der Waals surface area contributed by atoms with Crippen LogP contribution >= 0.6 is 11.6 Å². The van der Waals surface area contributed by atoms with Crippen LogP contribution in [0.5, 0.6) is 0 Å². The van der Waals surface area contributed by atoms with Gasteiger partial charge in [-0.2, -0.15) is 5.10 Å². The van der Waals surface area contributed by atoms with Crippen molar-refractivity contribution in [3.05, 3.63) is 87.2 Å². The third-order valence-corrected chi connectivity index (χ3v) is 4.97. The highest BCUT2D eigenvalue weighted by molar-refractivity contribution is 6.33. The molecule has 1 amide bonds. The Morgan fingerprint density at radius 1 is 1.10 bits per heavy atom. The Balaban J connectivity index is 1.85. The molecule has 0 aliphatic heterocycles. The third-order valence-electron chi connectivity index (χ3n) is 4.64. The molecule has 148 valence electrons. The van der Waals surface area contributed by atoms with E-state index in [-0.39, 0.29) is 11.5 Å². The van der Waals surface area contributed by atoms with Crippen molar-refractivity contribution in [1.82, 2.24) is 9.99 Å². The maximum Gasteiger partial charge on any atom is 0.335 e. The second-order valence-electron chi connectivity index (χ2n) is 6.65. The number of carboxylic acids is 1. The summed E-state index contributed by atoms with van der Waals surface area (Å²) in [6.45, 7) is 5.77. The average Bonchev–Trinajstić information content (AvgIpc) is 2.95. The molecule has 3 rings (SSSR count). The topological polar surface area (TPSA) is 83.7 Å². The van der Waals surface area contributed by atoms with E-state index in [2.05, 4.69) is 10.5 Å². The van der Waals surface area contributed by atoms with Crippen molar-refractivity contribution in [2.75, 3.05) is 0 Å². The maximum absolute atomic E-state index is 12.2. The lowest BCUT2D eigenvalue weighted by atomic mass is 10.1. The minimum absolute atomic E-state index is 0.248. The molecule has 0 saturated carbocycles. The van der Waals surface area contributed by atoms with Crippen molar-refractivity contribution in [2.24, 2.45) is 5.10 Å². The predicted molar refractivity (Wildman–Crippen MR) is 113 cm³/mol. The number of halogens is 1. The summed E-state index contributed by atoms with van der Waals surface area (Å²) in [5.74, 6) is -1.34. The molecule has 0 bridgehead atoms. The van der Waals surface area contributed by atoms with E-state index < -0.39 is 5.97 Å². The van der Waals surface area contributed by atoms with Crippen molar-refractivity contribution in [3.63, 3.8) is 0 Å². The molecular formula is C22H20ClN3O3. The number of hydrogen-bond acceptors (Lipinski definition) is 3. The number of aromatic nitrogens is 1. The Morgan fingerprint density at radius 2 is 1.83 bits per heavy atom. The number of carboxylic acid groups (broad SMARTS) is 1. The second kappa shape index (κ2) is 8.32. The fraction of sp³-hybridized carbons (Fsp3) is 0.136. The Bertz CT molecular complexity index is 1130. The van der Waals surface area contributed by atoms with Gasteiger partial charge in [0.2, 0.25) is 0 Å². The molecule has 0 atom stereocenters. The molecule has 0 aliphatic carbocycles. The number of benzene rings is 2. The smallest absolute Gasteiger partial charge is 0.335 e. The zero-order valence-corrected chi connectivity index (χ0v) is 17.0. The van der Waals surface area contributed by atoms with E-state index in [4.69, 9.17) is 16.7 Å². The minimum atomic E-state index is -0.956. The van der Waals surface area contributed by atoms with Crippen LogP contribution in [0, 0.1) is 20.8 Å². The minimum Gasteiger partial charge on any atom is -0.478 e. The summed E-state index contributed by atoms with van der Waals surface area (Å²) in [6.07, 6.45) is 1.58. The van der Waals surface area contributed by atoms with E-state index >= 15 is 0 Å². The number of carbonyl (C=O) groups excluding carboxylic acids is 1. The molecule has 0 radical (unpaired) electrons. The summed E-state index contributed by atoms with van der Waals surface area (Å²) in [7, 11) is 0. The highest BCUT2D eigenvalue weighted by Gasteiger charge is 2.13. The SMILES string of the molecule is Cc1cc(C(=O)O)ccc1-n1c(C)cc(/C=N\NC(=O)c2ccccc2Cl)c1C. The van der Waals surface area contributed by atoms with Gasteiger partial charge in [0.05, 0.1) is 22.4 Å². The second-order valence-corrected chi connectivity index (χ2v) is 7.05. The number of amides is 1. The van der Waals surface area contributed by atoms with Crippen LogP contribution in [0.15, 0.2) is 53.6 Å². The molecule has 29 heavy (non-hydrogen) atoms. The quantitative estimate of drug-likeness (QED) is 0.480. The first-order valence-electron chi connectivity index (χ1n) is 8.90. The lowest BCUT2D eigenvalue weighted by Gasteiger charge is -2.13. The number of hydrazone groups is 1. The molecule has 1 heterocycles. The standard InChI is InChI=1S/C22H20ClN3O3/c1-13-10-16(22(28)29)8-9-20(13)26-14(2)11-17(15(26)3)12-24-25-21(27)18-6-4-5-7-19(18)23/h4-12H,1-3H3,(H,25,27)(H,28,29)/b24-12-. The van der Waals surface area contributed by atoms with Crippen molar-refractivity contribution >= 4 is 29.7 Å². The van der Waals surface area contributed by atoms with E-state index in [1.807, 2.05) is 31.4 Å². The lowest BCUT2D eigenvalue weighted by molar-refractivity contribution is 0.0696. The Morgan fingerprint density at radius 3 is 2.48 bits per heavy atom. The first kappa shape index (κ1) is 20.4. The molecule has 0 fully saturated rings. The van der Waals surface area contributed by atoms with Gasteiger partial charge in [-0.15, -0.1) is 0 Å². The number of carbonyl (C=O) groups is 2. The van der Waals surface area contributed by atoms with Crippen LogP contribution in [0.25, 0.3) is 5.69 Å². The van der Waals surface area contributed by atoms with Gasteiger partial charge in [-0.1, -0.05) is 23.7 Å². The van der Waals surface area contributed by atoms with E-state index in [9.17, 15) is 9.59 Å². The number of hydrogen-bond donors (Lipinski definition) is 2. The summed E-state index contributed by atoms with van der Waals surface area (Å²) in [5.41, 5.74) is 7.55. The van der Waals surface area contributed by atoms with Crippen LogP contribution in [0.3, 0.4) is 0 Å². The molecule has 0 aliphatic rings. The average molecular weight is 410 g/mol. The summed E-state index contributed by atoms with van der Waals surface area (Å²) in [5, 5.41) is 13.6. The zero-order chi connectivity index (χ0) is 21.1. The highest BCUT2D eigenvalue weighted by atomic mass is 35.5. The summed E-state index contributed by atoms with van der Waals surface area (Å²) >= 11 is 6.02. The third kappa shape index (κ3) is 4.22. The van der Waals surface area contributed by atoms with Crippen molar-refractivity contribution in [3.8, 4) is 5.69 Å². The number of nitrogens with one attached hydrogen (secondary N) is 1. The molecule has 3 aromatic rings. The molecule has 1 aromatic heterocycles. The van der Waals surface area contributed by atoms with Gasteiger partial charge in [-0.05, 0) is 62.7 Å². The molecule has 2 aromatic carbocycles. The first-order valence-corrected chi connectivity index (χ1v) is 9.28. The number of aromatic carboxylic acids is 1. The summed E-state index contributed by atoms with van der Waals surface area (Å²) in [6, 6.07) is 13.7. The molecule has 0 saturated heterocycles. The van der Waals surface area contributed by atoms with Crippen LogP contribution in [-0.4, -0.2) is 27.8 Å². The zero-order valence-electron chi connectivity index (χ0n) is 16.2. The molecular weight excluding hydrogens is 390 g/mol. The summed E-state index contributed by atoms with van der Waals surface area (Å²) < 4.78 is 2.03. The van der Waals surface area contributed by atoms with Crippen LogP contribution in [-0.2, 0) is 0 Å². The normalized spacial score (nSPS) is 11.0. The van der Waals surface area contributed by atoms with E-state index in [0.717, 1.165) is 28.2 Å². The first-order chi connectivity index (χ1) is 13.8.